The SMILES string of the molecule is C.C.C.C.C.CC(C)(C)OC(=O)N1CCC(O)(CCO)CC1.CC(C)(C)OC(=O)OC(=O)OC(C)(C)C.CO.COC(=O)CC1(O)CCN(Cc2ccccc2)CC1.COCCC1(OC)CCCCC1.COCCC1(OC)CCN(C(=O)OC(C)(C)C)CC1.O=C1CCN(Cc2ccccc2)CC1.OCCC1(O)CCCCC1.OCCC1(O)CCCCC1.OCCC1(O)CCN(Cc2ccccc2)CC1. The van der Waals surface area contributed by atoms with Gasteiger partial charge < -0.3 is 108 Å². The smallest absolute Gasteiger partial charge is 0.469 e. The van der Waals surface area contributed by atoms with Crippen LogP contribution in [0.4, 0.5) is 19.2 Å². The molecule has 3 saturated carbocycles. The zero-order chi connectivity index (χ0) is 101. The third-order valence-electron chi connectivity index (χ3n) is 25.1. The maximum Gasteiger partial charge on any atom is 0.519 e. The van der Waals surface area contributed by atoms with Gasteiger partial charge >= 0.3 is 30.5 Å². The lowest BCUT2D eigenvalue weighted by atomic mass is 9.82. The number of carbonyl (C=O) groups is 6. The minimum atomic E-state index is -1.06. The monoisotopic (exact) mass is 2000 g/mol. The van der Waals surface area contributed by atoms with Crippen LogP contribution < -0.4 is 0 Å². The first-order chi connectivity index (χ1) is 63.6. The van der Waals surface area contributed by atoms with Crippen LogP contribution in [0.2, 0.25) is 0 Å². The van der Waals surface area contributed by atoms with Gasteiger partial charge in [0.05, 0.1) is 52.7 Å². The highest BCUT2D eigenvalue weighted by atomic mass is 16.8. The number of piperidine rings is 5. The van der Waals surface area contributed by atoms with E-state index in [-0.39, 0.29) is 99.3 Å². The van der Waals surface area contributed by atoms with Crippen LogP contribution in [0, 0.1) is 0 Å². The van der Waals surface area contributed by atoms with Gasteiger partial charge in [-0.05, 0) is 228 Å². The number of methoxy groups -OCH3 is 5. The number of benzene rings is 3. The molecule has 140 heavy (non-hydrogen) atoms. The Morgan fingerprint density at radius 3 is 0.857 bits per heavy atom. The third-order valence-corrected chi connectivity index (χ3v) is 25.1. The lowest BCUT2D eigenvalue weighted by molar-refractivity contribution is -0.148. The second-order valence-electron chi connectivity index (χ2n) is 41.0. The number of carbonyl (C=O) groups excluding carboxylic acids is 6. The predicted octanol–water partition coefficient (Wildman–Crippen LogP) is 18.6. The summed E-state index contributed by atoms with van der Waals surface area (Å²) in [7, 11) is 9.38. The summed E-state index contributed by atoms with van der Waals surface area (Å²) >= 11 is 0. The Balaban J connectivity index is -0.000000743. The number of hydrogen-bond acceptors (Lipinski definition) is 29. The number of amides is 2. The topological polar surface area (TPSA) is 413 Å². The number of aliphatic hydroxyl groups is 10. The summed E-state index contributed by atoms with van der Waals surface area (Å²) in [5.74, 6) is 0.0771. The van der Waals surface area contributed by atoms with Crippen LogP contribution in [0.5, 0.6) is 0 Å². The van der Waals surface area contributed by atoms with E-state index in [1.807, 2.05) is 79.0 Å². The number of rotatable bonds is 24. The molecule has 3 aliphatic carbocycles. The molecule has 3 aromatic carbocycles. The second kappa shape index (κ2) is 72.6. The molecular formula is C109H201N5O26. The number of nitrogens with zero attached hydrogens (tertiary/aromatic N) is 5. The van der Waals surface area contributed by atoms with Gasteiger partial charge in [-0.2, -0.15) is 0 Å². The Kier molecular flexibility index (Phi) is 72.5. The second-order valence-corrected chi connectivity index (χ2v) is 41.0. The molecule has 0 atom stereocenters. The molecule has 11 rings (SSSR count). The summed E-state index contributed by atoms with van der Waals surface area (Å²) in [5, 5.41) is 92.0. The quantitative estimate of drug-likeness (QED) is 0.0226. The zero-order valence-electron chi connectivity index (χ0n) is 86.0. The van der Waals surface area contributed by atoms with Crippen molar-refractivity contribution in [1.29, 1.82) is 0 Å². The van der Waals surface area contributed by atoms with Crippen LogP contribution in [0.3, 0.4) is 0 Å². The molecule has 3 aromatic rings. The zero-order valence-corrected chi connectivity index (χ0v) is 86.0. The van der Waals surface area contributed by atoms with Crippen molar-refractivity contribution in [3.05, 3.63) is 108 Å². The molecule has 2 amide bonds. The molecule has 5 saturated heterocycles. The maximum atomic E-state index is 12.0. The summed E-state index contributed by atoms with van der Waals surface area (Å²) in [4.78, 5) is 78.4. The summed E-state index contributed by atoms with van der Waals surface area (Å²) in [5.41, 5.74) is -1.79. The molecular weight excluding hydrogens is 1800 g/mol. The predicted molar refractivity (Wildman–Crippen MR) is 557 cm³/mol. The van der Waals surface area contributed by atoms with Crippen LogP contribution in [-0.4, -0.2) is 321 Å². The first kappa shape index (κ1) is 140. The van der Waals surface area contributed by atoms with E-state index < -0.39 is 62.7 Å². The third kappa shape index (κ3) is 62.9. The number of esters is 1. The fourth-order valence-electron chi connectivity index (χ4n) is 16.9. The van der Waals surface area contributed by atoms with Gasteiger partial charge in [-0.15, -0.1) is 0 Å². The number of Topliss-reactive ketones (excluding diaryl/α,β-unsaturated/α-hetero) is 1. The van der Waals surface area contributed by atoms with E-state index in [0.29, 0.717) is 89.9 Å². The highest BCUT2D eigenvalue weighted by Gasteiger charge is 2.41. The summed E-state index contributed by atoms with van der Waals surface area (Å²) in [6, 6.07) is 31.1. The average molecular weight is 2000 g/mol. The standard InChI is InChI=1S/C15H21NO3.C14H27NO4.C14H21NO2.C12H23NO4.C12H15NO.C10H18O5.C10H20O2.2C8H16O2.CH4O.5CH4/c1-19-14(17)11-15(18)7-9-16(10-8-15)12-13-5-3-2-4-6-13;1-13(2,3)19-12(16)15-9-6-14(18-5,7-10-15)8-11-17-4;16-11-8-14(17)6-9-15(10-7-14)12-13-4-2-1-3-5-13;1-11(2,3)17-10(15)13-7-4-12(16,5-8-13)6-9-14;14-12-6-8-13(9-7-12)10-11-4-2-1-3-5-11;1-9(2,3)14-7(11)13-8(12)15-10(4,5)6;1-11-9-8-10(12-2)6-4-3-5-7-10;2*9-7-6-8(10)4-2-1-3-5-8;1-2;;;;;/h2-6,18H,7-12H2,1H3;6-11H2,1-5H3;1-5,16-17H,6-12H2;14,16H,4-9H2,1-3H3;1-5H,6-10H2;1-6H3;3-9H2,1-2H3;2*9-10H,1-7H2;2H,1H3;5*1H4. The van der Waals surface area contributed by atoms with Gasteiger partial charge in [-0.1, -0.05) is 186 Å². The van der Waals surface area contributed by atoms with Crippen molar-refractivity contribution in [3.8, 4) is 0 Å². The van der Waals surface area contributed by atoms with E-state index in [1.54, 1.807) is 72.7 Å². The molecule has 31 heteroatoms. The highest BCUT2D eigenvalue weighted by molar-refractivity contribution is 5.79. The van der Waals surface area contributed by atoms with Crippen molar-refractivity contribution in [2.45, 2.75) is 407 Å². The van der Waals surface area contributed by atoms with E-state index in [0.717, 1.165) is 175 Å². The van der Waals surface area contributed by atoms with Crippen molar-refractivity contribution >= 4 is 36.2 Å². The summed E-state index contributed by atoms with van der Waals surface area (Å²) < 4.78 is 50.5. The molecule has 0 aromatic heterocycles. The van der Waals surface area contributed by atoms with Crippen molar-refractivity contribution in [2.24, 2.45) is 0 Å². The normalized spacial score (nSPS) is 18.7. The molecule has 5 aliphatic heterocycles. The van der Waals surface area contributed by atoms with E-state index in [9.17, 15) is 54.3 Å². The maximum absolute atomic E-state index is 12.0. The lowest BCUT2D eigenvalue weighted by Gasteiger charge is -2.41. The minimum absolute atomic E-state index is 0. The van der Waals surface area contributed by atoms with Gasteiger partial charge in [0, 0.05) is 173 Å². The molecule has 8 fully saturated rings. The molecule has 0 unspecified atom stereocenters. The van der Waals surface area contributed by atoms with E-state index >= 15 is 0 Å². The number of aliphatic hydroxyl groups excluding tert-OH is 5. The van der Waals surface area contributed by atoms with Gasteiger partial charge in [-0.25, -0.2) is 19.2 Å². The Morgan fingerprint density at radius 2 is 0.586 bits per heavy atom. The molecule has 10 N–H and O–H groups in total. The van der Waals surface area contributed by atoms with Gasteiger partial charge in [0.2, 0.25) is 0 Å². The number of ether oxygens (including phenoxy) is 10. The Morgan fingerprint density at radius 1 is 0.329 bits per heavy atom. The molecule has 818 valence electrons. The fraction of sp³-hybridized carbons (Fsp3) is 0.780. The number of likely N-dealkylation sites (tertiary alicyclic amines) is 5. The van der Waals surface area contributed by atoms with Gasteiger partial charge in [-0.3, -0.25) is 24.3 Å². The largest absolute Gasteiger partial charge is 0.519 e. The molecule has 31 nitrogen and oxygen atoms in total. The van der Waals surface area contributed by atoms with Crippen molar-refractivity contribution in [1.82, 2.24) is 24.5 Å². The summed E-state index contributed by atoms with van der Waals surface area (Å²) in [6.45, 7) is 33.4. The fourth-order valence-corrected chi connectivity index (χ4v) is 16.9. The number of ketones is 1. The minimum Gasteiger partial charge on any atom is -0.469 e. The molecule has 5 heterocycles. The van der Waals surface area contributed by atoms with E-state index in [2.05, 4.69) is 84.8 Å². The van der Waals surface area contributed by atoms with Crippen LogP contribution in [0.15, 0.2) is 91.0 Å². The molecule has 0 spiro atoms. The Hall–Kier alpha value is -6.60. The van der Waals surface area contributed by atoms with Crippen LogP contribution in [-0.2, 0) is 76.6 Å². The van der Waals surface area contributed by atoms with Crippen molar-refractivity contribution in [3.63, 3.8) is 0 Å². The van der Waals surface area contributed by atoms with Crippen LogP contribution in [0.25, 0.3) is 0 Å². The van der Waals surface area contributed by atoms with Gasteiger partial charge in [0.1, 0.15) is 28.2 Å². The van der Waals surface area contributed by atoms with Gasteiger partial charge in [0.25, 0.3) is 0 Å². The number of hydrogen-bond donors (Lipinski definition) is 10. The molecule has 0 bridgehead atoms. The Bertz CT molecular complexity index is 3530. The highest BCUT2D eigenvalue weighted by Crippen LogP contribution is 2.37. The molecule has 0 radical (unpaired) electrons. The van der Waals surface area contributed by atoms with Crippen LogP contribution in [0.1, 0.15) is 342 Å². The van der Waals surface area contributed by atoms with E-state index in [1.165, 1.54) is 68.7 Å². The van der Waals surface area contributed by atoms with Crippen molar-refractivity contribution in [2.75, 3.05) is 148 Å². The first-order valence-corrected chi connectivity index (χ1v) is 49.2. The van der Waals surface area contributed by atoms with E-state index in [4.69, 9.17) is 63.4 Å². The van der Waals surface area contributed by atoms with Crippen molar-refractivity contribution < 1.29 is 127 Å². The lowest BCUT2D eigenvalue weighted by Crippen LogP contribution is -2.49. The first-order valence-electron chi connectivity index (χ1n) is 49.2. The Labute approximate surface area is 846 Å². The van der Waals surface area contributed by atoms with Crippen LogP contribution >= 0.6 is 0 Å². The molecule has 8 aliphatic rings. The van der Waals surface area contributed by atoms with Gasteiger partial charge in [0.15, 0.2) is 0 Å². The summed E-state index contributed by atoms with van der Waals surface area (Å²) in [6.07, 6.45) is 25.1. The average Bonchev–Trinajstić information content (AvgIpc) is 0.884.